The van der Waals surface area contributed by atoms with Gasteiger partial charge in [0.15, 0.2) is 5.82 Å². The van der Waals surface area contributed by atoms with E-state index in [1.165, 1.54) is 4.68 Å². The van der Waals surface area contributed by atoms with Gasteiger partial charge in [-0.25, -0.2) is 4.68 Å². The van der Waals surface area contributed by atoms with E-state index in [2.05, 4.69) is 21.4 Å². The second-order valence-electron chi connectivity index (χ2n) is 4.15. The van der Waals surface area contributed by atoms with Crippen LogP contribution in [0.4, 0.5) is 0 Å². The molecular weight excluding hydrogens is 262 g/mol. The Labute approximate surface area is 116 Å². The Hall–Kier alpha value is -1.93. The molecule has 2 aromatic heterocycles. The van der Waals surface area contributed by atoms with Crippen LogP contribution in [0.1, 0.15) is 36.4 Å². The Balaban J connectivity index is 2.68. The summed E-state index contributed by atoms with van der Waals surface area (Å²) in [7, 11) is 0. The summed E-state index contributed by atoms with van der Waals surface area (Å²) in [6, 6.07) is 2.21. The number of hydrogen-bond acceptors (Lipinski definition) is 4. The van der Waals surface area contributed by atoms with E-state index in [-0.39, 0.29) is 0 Å². The standard InChI is InChI=1S/C13H14ClN5/c1-4-9-10(6-15)13(17-16-12(9)5-2)19-7-11(14)8(3)18-19/h7H,4-5H2,1-3H3. The fourth-order valence-corrected chi connectivity index (χ4v) is 2.12. The van der Waals surface area contributed by atoms with Crippen LogP contribution in [0.25, 0.3) is 5.82 Å². The van der Waals surface area contributed by atoms with Crippen LogP contribution in [0.3, 0.4) is 0 Å². The average molecular weight is 276 g/mol. The molecule has 0 saturated carbocycles. The zero-order valence-electron chi connectivity index (χ0n) is 11.1. The molecule has 0 fully saturated rings. The largest absolute Gasteiger partial charge is 0.218 e. The lowest BCUT2D eigenvalue weighted by Gasteiger charge is -2.09. The van der Waals surface area contributed by atoms with E-state index in [4.69, 9.17) is 11.6 Å². The summed E-state index contributed by atoms with van der Waals surface area (Å²) in [5, 5.41) is 22.5. The van der Waals surface area contributed by atoms with Gasteiger partial charge in [0, 0.05) is 0 Å². The summed E-state index contributed by atoms with van der Waals surface area (Å²) in [5.74, 6) is 0.437. The van der Waals surface area contributed by atoms with Gasteiger partial charge in [-0.15, -0.1) is 5.10 Å². The minimum atomic E-state index is 0.437. The van der Waals surface area contributed by atoms with Crippen molar-refractivity contribution in [2.45, 2.75) is 33.6 Å². The molecular formula is C13H14ClN5. The molecule has 6 heteroatoms. The second kappa shape index (κ2) is 5.37. The molecule has 0 amide bonds. The Morgan fingerprint density at radius 1 is 1.32 bits per heavy atom. The highest BCUT2D eigenvalue weighted by Gasteiger charge is 2.17. The molecule has 2 heterocycles. The molecule has 0 N–H and O–H groups in total. The summed E-state index contributed by atoms with van der Waals surface area (Å²) < 4.78 is 1.52. The van der Waals surface area contributed by atoms with Gasteiger partial charge in [-0.3, -0.25) is 0 Å². The molecule has 0 spiro atoms. The first-order valence-electron chi connectivity index (χ1n) is 6.13. The SMILES string of the molecule is CCc1nnc(-n2cc(Cl)c(C)n2)c(C#N)c1CC. The van der Waals surface area contributed by atoms with Crippen LogP contribution < -0.4 is 0 Å². The van der Waals surface area contributed by atoms with E-state index in [1.54, 1.807) is 13.1 Å². The zero-order chi connectivity index (χ0) is 14.0. The van der Waals surface area contributed by atoms with Crippen molar-refractivity contribution >= 4 is 11.6 Å². The molecule has 0 radical (unpaired) electrons. The smallest absolute Gasteiger partial charge is 0.193 e. The molecule has 0 atom stereocenters. The van der Waals surface area contributed by atoms with Gasteiger partial charge >= 0.3 is 0 Å². The number of aromatic nitrogens is 4. The molecule has 19 heavy (non-hydrogen) atoms. The van der Waals surface area contributed by atoms with Gasteiger partial charge in [-0.05, 0) is 25.3 Å². The van der Waals surface area contributed by atoms with E-state index >= 15 is 0 Å². The van der Waals surface area contributed by atoms with Crippen LogP contribution in [-0.4, -0.2) is 20.0 Å². The molecule has 2 aromatic rings. The maximum atomic E-state index is 9.40. The quantitative estimate of drug-likeness (QED) is 0.863. The number of halogens is 1. The predicted octanol–water partition coefficient (Wildman–Crippen LogP) is 2.62. The molecule has 0 bridgehead atoms. The molecule has 0 saturated heterocycles. The molecule has 0 aliphatic rings. The van der Waals surface area contributed by atoms with Crippen LogP contribution in [-0.2, 0) is 12.8 Å². The van der Waals surface area contributed by atoms with E-state index in [0.717, 1.165) is 24.1 Å². The first kappa shape index (κ1) is 13.5. The molecule has 2 rings (SSSR count). The normalized spacial score (nSPS) is 10.5. The lowest BCUT2D eigenvalue weighted by molar-refractivity contribution is 0.771. The Morgan fingerprint density at radius 3 is 2.53 bits per heavy atom. The third-order valence-corrected chi connectivity index (χ3v) is 3.37. The van der Waals surface area contributed by atoms with Gasteiger partial charge in [0.1, 0.15) is 11.6 Å². The second-order valence-corrected chi connectivity index (χ2v) is 4.56. The van der Waals surface area contributed by atoms with Crippen LogP contribution in [0.2, 0.25) is 5.02 Å². The number of nitrogens with zero attached hydrogens (tertiary/aromatic N) is 5. The molecule has 0 aromatic carbocycles. The van der Waals surface area contributed by atoms with Gasteiger partial charge in [0.05, 0.1) is 22.6 Å². The lowest BCUT2D eigenvalue weighted by atomic mass is 10.0. The third-order valence-electron chi connectivity index (χ3n) is 3.00. The van der Waals surface area contributed by atoms with E-state index in [9.17, 15) is 5.26 Å². The van der Waals surface area contributed by atoms with Crippen molar-refractivity contribution in [2.75, 3.05) is 0 Å². The highest BCUT2D eigenvalue weighted by Crippen LogP contribution is 2.21. The fourth-order valence-electron chi connectivity index (χ4n) is 1.99. The first-order valence-corrected chi connectivity index (χ1v) is 6.50. The minimum Gasteiger partial charge on any atom is -0.218 e. The fraction of sp³-hybridized carbons (Fsp3) is 0.385. The summed E-state index contributed by atoms with van der Waals surface area (Å²) in [5.41, 5.74) is 3.01. The van der Waals surface area contributed by atoms with E-state index < -0.39 is 0 Å². The number of hydrogen-bond donors (Lipinski definition) is 0. The summed E-state index contributed by atoms with van der Waals surface area (Å²) in [6.07, 6.45) is 3.14. The predicted molar refractivity (Wildman–Crippen MR) is 72.4 cm³/mol. The summed E-state index contributed by atoms with van der Waals surface area (Å²) >= 11 is 5.99. The maximum absolute atomic E-state index is 9.40. The topological polar surface area (TPSA) is 67.4 Å². The van der Waals surface area contributed by atoms with Crippen molar-refractivity contribution in [3.05, 3.63) is 33.7 Å². The van der Waals surface area contributed by atoms with E-state index in [1.807, 2.05) is 13.8 Å². The van der Waals surface area contributed by atoms with Crippen molar-refractivity contribution in [1.82, 2.24) is 20.0 Å². The highest BCUT2D eigenvalue weighted by atomic mass is 35.5. The zero-order valence-corrected chi connectivity index (χ0v) is 11.9. The monoisotopic (exact) mass is 275 g/mol. The summed E-state index contributed by atoms with van der Waals surface area (Å²) in [6.45, 7) is 5.81. The van der Waals surface area contributed by atoms with Crippen molar-refractivity contribution in [3.8, 4) is 11.9 Å². The lowest BCUT2D eigenvalue weighted by Crippen LogP contribution is -2.10. The van der Waals surface area contributed by atoms with Gasteiger partial charge in [0.25, 0.3) is 0 Å². The molecule has 5 nitrogen and oxygen atoms in total. The van der Waals surface area contributed by atoms with Crippen molar-refractivity contribution in [2.24, 2.45) is 0 Å². The third kappa shape index (κ3) is 2.32. The minimum absolute atomic E-state index is 0.437. The Bertz CT molecular complexity index is 634. The van der Waals surface area contributed by atoms with Crippen LogP contribution >= 0.6 is 11.6 Å². The first-order chi connectivity index (χ1) is 9.12. The van der Waals surface area contributed by atoms with Crippen LogP contribution in [0.5, 0.6) is 0 Å². The van der Waals surface area contributed by atoms with Crippen LogP contribution in [0.15, 0.2) is 6.20 Å². The van der Waals surface area contributed by atoms with Crippen molar-refractivity contribution < 1.29 is 0 Å². The molecule has 0 aliphatic heterocycles. The van der Waals surface area contributed by atoms with Crippen LogP contribution in [0, 0.1) is 18.3 Å². The van der Waals surface area contributed by atoms with Gasteiger partial charge in [0.2, 0.25) is 0 Å². The van der Waals surface area contributed by atoms with Crippen molar-refractivity contribution in [1.29, 1.82) is 5.26 Å². The van der Waals surface area contributed by atoms with Gasteiger partial charge in [-0.1, -0.05) is 25.4 Å². The highest BCUT2D eigenvalue weighted by molar-refractivity contribution is 6.31. The summed E-state index contributed by atoms with van der Waals surface area (Å²) in [4.78, 5) is 0. The number of aryl methyl sites for hydroxylation is 2. The van der Waals surface area contributed by atoms with Gasteiger partial charge in [-0.2, -0.15) is 15.5 Å². The molecule has 98 valence electrons. The Morgan fingerprint density at radius 2 is 2.05 bits per heavy atom. The number of rotatable bonds is 3. The molecule has 0 aliphatic carbocycles. The van der Waals surface area contributed by atoms with E-state index in [0.29, 0.717) is 22.1 Å². The van der Waals surface area contributed by atoms with Crippen molar-refractivity contribution in [3.63, 3.8) is 0 Å². The Kier molecular flexibility index (Phi) is 3.82. The maximum Gasteiger partial charge on any atom is 0.193 e. The molecule has 0 unspecified atom stereocenters. The number of nitriles is 1. The average Bonchev–Trinajstić information content (AvgIpc) is 2.76. The van der Waals surface area contributed by atoms with Gasteiger partial charge < -0.3 is 0 Å².